The molecule has 3 heteroatoms. The van der Waals surface area contributed by atoms with E-state index in [-0.39, 0.29) is 5.97 Å². The maximum atomic E-state index is 10.8. The van der Waals surface area contributed by atoms with Gasteiger partial charge in [0.2, 0.25) is 0 Å². The van der Waals surface area contributed by atoms with Gasteiger partial charge in [-0.1, -0.05) is 13.8 Å². The van der Waals surface area contributed by atoms with Crippen molar-refractivity contribution in [2.24, 2.45) is 5.92 Å². The molecule has 0 atom stereocenters. The second kappa shape index (κ2) is 7.47. The van der Waals surface area contributed by atoms with Gasteiger partial charge in [0.05, 0.1) is 13.0 Å². The van der Waals surface area contributed by atoms with Crippen LogP contribution in [0.25, 0.3) is 0 Å². The zero-order valence-corrected chi connectivity index (χ0v) is 8.77. The van der Waals surface area contributed by atoms with Crippen molar-refractivity contribution in [3.63, 3.8) is 0 Å². The van der Waals surface area contributed by atoms with Crippen molar-refractivity contribution in [2.75, 3.05) is 12.4 Å². The van der Waals surface area contributed by atoms with Crippen LogP contribution < -0.4 is 0 Å². The van der Waals surface area contributed by atoms with Gasteiger partial charge in [-0.3, -0.25) is 4.79 Å². The van der Waals surface area contributed by atoms with Gasteiger partial charge in [-0.2, -0.15) is 12.6 Å². The molecular weight excluding hydrogens is 172 g/mol. The second-order valence-corrected chi connectivity index (χ2v) is 3.68. The standard InChI is InChI=1S/C9H18O2S/c1-8(2)4-3-6-11-9(10)5-7-12/h8,12H,3-7H2,1-2H3. The van der Waals surface area contributed by atoms with Crippen LogP contribution >= 0.6 is 12.6 Å². The molecule has 0 aromatic carbocycles. The van der Waals surface area contributed by atoms with Gasteiger partial charge in [-0.05, 0) is 18.8 Å². The molecule has 0 fully saturated rings. The van der Waals surface area contributed by atoms with Crippen molar-refractivity contribution in [1.82, 2.24) is 0 Å². The van der Waals surface area contributed by atoms with Crippen molar-refractivity contribution in [2.45, 2.75) is 33.1 Å². The van der Waals surface area contributed by atoms with E-state index in [0.29, 0.717) is 24.7 Å². The number of carbonyl (C=O) groups is 1. The quantitative estimate of drug-likeness (QED) is 0.395. The lowest BCUT2D eigenvalue weighted by atomic mass is 10.1. The summed E-state index contributed by atoms with van der Waals surface area (Å²) >= 11 is 3.94. The number of hydrogen-bond donors (Lipinski definition) is 1. The van der Waals surface area contributed by atoms with E-state index < -0.39 is 0 Å². The first kappa shape index (κ1) is 11.8. The van der Waals surface area contributed by atoms with Crippen molar-refractivity contribution >= 4 is 18.6 Å². The van der Waals surface area contributed by atoms with Gasteiger partial charge in [0.15, 0.2) is 0 Å². The molecule has 0 aromatic heterocycles. The first-order chi connectivity index (χ1) is 5.66. The zero-order chi connectivity index (χ0) is 9.40. The van der Waals surface area contributed by atoms with Gasteiger partial charge < -0.3 is 4.74 Å². The predicted octanol–water partition coefficient (Wildman–Crippen LogP) is 2.29. The van der Waals surface area contributed by atoms with Crippen LogP contribution in [0.3, 0.4) is 0 Å². The Balaban J connectivity index is 3.14. The highest BCUT2D eigenvalue weighted by Gasteiger charge is 2.00. The van der Waals surface area contributed by atoms with Crippen molar-refractivity contribution in [1.29, 1.82) is 0 Å². The third kappa shape index (κ3) is 7.92. The summed E-state index contributed by atoms with van der Waals surface area (Å²) in [5, 5.41) is 0. The first-order valence-corrected chi connectivity index (χ1v) is 5.06. The summed E-state index contributed by atoms with van der Waals surface area (Å²) in [4.78, 5) is 10.8. The molecule has 0 aliphatic carbocycles. The Bertz CT molecular complexity index is 124. The van der Waals surface area contributed by atoms with Crippen LogP contribution in [0, 0.1) is 5.92 Å². The smallest absolute Gasteiger partial charge is 0.306 e. The molecule has 0 N–H and O–H groups in total. The molecule has 2 nitrogen and oxygen atoms in total. The van der Waals surface area contributed by atoms with Crippen LogP contribution in [-0.4, -0.2) is 18.3 Å². The second-order valence-electron chi connectivity index (χ2n) is 3.23. The lowest BCUT2D eigenvalue weighted by Crippen LogP contribution is -2.06. The monoisotopic (exact) mass is 190 g/mol. The maximum absolute atomic E-state index is 10.8. The molecule has 0 aromatic rings. The minimum atomic E-state index is -0.131. The molecule has 0 unspecified atom stereocenters. The van der Waals surface area contributed by atoms with E-state index in [9.17, 15) is 4.79 Å². The number of esters is 1. The van der Waals surface area contributed by atoms with E-state index in [4.69, 9.17) is 4.74 Å². The van der Waals surface area contributed by atoms with Gasteiger partial charge in [0, 0.05) is 5.75 Å². The molecule has 0 aliphatic rings. The Morgan fingerprint density at radius 2 is 2.17 bits per heavy atom. The molecule has 0 amide bonds. The molecule has 0 radical (unpaired) electrons. The molecule has 0 bridgehead atoms. The minimum absolute atomic E-state index is 0.131. The Hall–Kier alpha value is -0.180. The third-order valence-electron chi connectivity index (χ3n) is 1.50. The SMILES string of the molecule is CC(C)CCCOC(=O)CCS. The molecule has 0 spiro atoms. The maximum Gasteiger partial charge on any atom is 0.306 e. The van der Waals surface area contributed by atoms with Crippen molar-refractivity contribution in [3.05, 3.63) is 0 Å². The summed E-state index contributed by atoms with van der Waals surface area (Å²) in [5.41, 5.74) is 0. The van der Waals surface area contributed by atoms with Gasteiger partial charge in [-0.25, -0.2) is 0 Å². The fourth-order valence-electron chi connectivity index (χ4n) is 0.841. The van der Waals surface area contributed by atoms with E-state index in [0.717, 1.165) is 12.8 Å². The summed E-state index contributed by atoms with van der Waals surface area (Å²) in [5.74, 6) is 1.13. The van der Waals surface area contributed by atoms with Crippen LogP contribution in [-0.2, 0) is 9.53 Å². The molecule has 72 valence electrons. The summed E-state index contributed by atoms with van der Waals surface area (Å²) in [6.45, 7) is 4.88. The largest absolute Gasteiger partial charge is 0.466 e. The van der Waals surface area contributed by atoms with Crippen molar-refractivity contribution < 1.29 is 9.53 Å². The molecule has 0 rings (SSSR count). The lowest BCUT2D eigenvalue weighted by molar-refractivity contribution is -0.143. The van der Waals surface area contributed by atoms with E-state index in [1.54, 1.807) is 0 Å². The fourth-order valence-corrected chi connectivity index (χ4v) is 1.02. The van der Waals surface area contributed by atoms with Crippen LogP contribution in [0.4, 0.5) is 0 Å². The fraction of sp³-hybridized carbons (Fsp3) is 0.889. The average Bonchev–Trinajstić information content (AvgIpc) is 1.98. The Morgan fingerprint density at radius 1 is 1.50 bits per heavy atom. The molecule has 12 heavy (non-hydrogen) atoms. The number of carbonyl (C=O) groups excluding carboxylic acids is 1. The highest BCUT2D eigenvalue weighted by Crippen LogP contribution is 2.03. The highest BCUT2D eigenvalue weighted by molar-refractivity contribution is 7.80. The Labute approximate surface area is 80.1 Å². The molecule has 0 saturated carbocycles. The van der Waals surface area contributed by atoms with Gasteiger partial charge in [-0.15, -0.1) is 0 Å². The van der Waals surface area contributed by atoms with Crippen LogP contribution in [0.5, 0.6) is 0 Å². The van der Waals surface area contributed by atoms with Gasteiger partial charge >= 0.3 is 5.97 Å². The van der Waals surface area contributed by atoms with E-state index in [1.807, 2.05) is 0 Å². The number of thiol groups is 1. The Kier molecular flexibility index (Phi) is 7.36. The highest BCUT2D eigenvalue weighted by atomic mass is 32.1. The minimum Gasteiger partial charge on any atom is -0.466 e. The normalized spacial score (nSPS) is 10.3. The van der Waals surface area contributed by atoms with Gasteiger partial charge in [0.25, 0.3) is 0 Å². The summed E-state index contributed by atoms with van der Waals surface area (Å²) in [7, 11) is 0. The van der Waals surface area contributed by atoms with Gasteiger partial charge in [0.1, 0.15) is 0 Å². The van der Waals surface area contributed by atoms with E-state index >= 15 is 0 Å². The van der Waals surface area contributed by atoms with E-state index in [2.05, 4.69) is 26.5 Å². The number of ether oxygens (including phenoxy) is 1. The van der Waals surface area contributed by atoms with Crippen LogP contribution in [0.2, 0.25) is 0 Å². The lowest BCUT2D eigenvalue weighted by Gasteiger charge is -2.05. The first-order valence-electron chi connectivity index (χ1n) is 4.43. The summed E-state index contributed by atoms with van der Waals surface area (Å²) in [6, 6.07) is 0. The summed E-state index contributed by atoms with van der Waals surface area (Å²) in [6.07, 6.45) is 2.51. The zero-order valence-electron chi connectivity index (χ0n) is 7.88. The molecule has 0 aliphatic heterocycles. The van der Waals surface area contributed by atoms with Crippen LogP contribution in [0.15, 0.2) is 0 Å². The molecular formula is C9H18O2S. The summed E-state index contributed by atoms with van der Waals surface area (Å²) < 4.78 is 4.94. The Morgan fingerprint density at radius 3 is 2.67 bits per heavy atom. The third-order valence-corrected chi connectivity index (χ3v) is 1.73. The van der Waals surface area contributed by atoms with Crippen LogP contribution in [0.1, 0.15) is 33.1 Å². The number of hydrogen-bond acceptors (Lipinski definition) is 3. The number of rotatable bonds is 6. The van der Waals surface area contributed by atoms with Crippen molar-refractivity contribution in [3.8, 4) is 0 Å². The molecule has 0 heterocycles. The topological polar surface area (TPSA) is 26.3 Å². The predicted molar refractivity (Wildman–Crippen MR) is 53.5 cm³/mol. The average molecular weight is 190 g/mol. The van der Waals surface area contributed by atoms with E-state index in [1.165, 1.54) is 0 Å². The molecule has 0 saturated heterocycles.